The second kappa shape index (κ2) is 5.40. The number of amides is 1. The van der Waals surface area contributed by atoms with E-state index in [1.807, 2.05) is 25.1 Å². The van der Waals surface area contributed by atoms with E-state index in [1.54, 1.807) is 11.9 Å². The van der Waals surface area contributed by atoms with Gasteiger partial charge in [-0.3, -0.25) is 4.79 Å². The molecule has 0 radical (unpaired) electrons. The zero-order chi connectivity index (χ0) is 13.1. The van der Waals surface area contributed by atoms with Crippen molar-refractivity contribution < 1.29 is 9.90 Å². The molecule has 0 fully saturated rings. The summed E-state index contributed by atoms with van der Waals surface area (Å²) in [6.45, 7) is 2.43. The average Bonchev–Trinajstić information content (AvgIpc) is 2.37. The third-order valence-electron chi connectivity index (χ3n) is 3.57. The van der Waals surface area contributed by atoms with Gasteiger partial charge in [-0.15, -0.1) is 0 Å². The van der Waals surface area contributed by atoms with E-state index in [4.69, 9.17) is 5.11 Å². The Kier molecular flexibility index (Phi) is 3.87. The first kappa shape index (κ1) is 12.9. The Morgan fingerprint density at radius 3 is 2.94 bits per heavy atom. The summed E-state index contributed by atoms with van der Waals surface area (Å²) in [6.07, 6.45) is 0.763. The molecule has 0 spiro atoms. The van der Waals surface area contributed by atoms with Gasteiger partial charge >= 0.3 is 0 Å². The Labute approximate surface area is 108 Å². The van der Waals surface area contributed by atoms with Crippen LogP contribution in [0, 0.1) is 5.92 Å². The van der Waals surface area contributed by atoms with Crippen molar-refractivity contribution >= 4 is 11.6 Å². The molecule has 1 aliphatic rings. The van der Waals surface area contributed by atoms with Crippen LogP contribution in [0.25, 0.3) is 0 Å². The van der Waals surface area contributed by atoms with Crippen molar-refractivity contribution in [2.75, 3.05) is 25.5 Å². The number of likely N-dealkylation sites (N-methyl/N-ethyl adjacent to an activating group) is 1. The molecule has 1 aliphatic heterocycles. The molecule has 2 N–H and O–H groups in total. The quantitative estimate of drug-likeness (QED) is 0.842. The smallest absolute Gasteiger partial charge is 0.227 e. The van der Waals surface area contributed by atoms with Crippen molar-refractivity contribution in [2.24, 2.45) is 5.92 Å². The lowest BCUT2D eigenvalue weighted by Crippen LogP contribution is -2.44. The first-order valence-corrected chi connectivity index (χ1v) is 6.33. The zero-order valence-corrected chi connectivity index (χ0v) is 10.9. The minimum Gasteiger partial charge on any atom is -0.395 e. The second-order valence-electron chi connectivity index (χ2n) is 4.88. The van der Waals surface area contributed by atoms with Gasteiger partial charge in [0.05, 0.1) is 12.5 Å². The van der Waals surface area contributed by atoms with E-state index in [2.05, 4.69) is 11.4 Å². The molecule has 18 heavy (non-hydrogen) atoms. The van der Waals surface area contributed by atoms with Crippen molar-refractivity contribution in [1.82, 2.24) is 4.90 Å². The molecule has 4 heteroatoms. The topological polar surface area (TPSA) is 52.6 Å². The number of carbonyl (C=O) groups excluding carboxylic acids is 1. The molecule has 2 rings (SSSR count). The Morgan fingerprint density at radius 2 is 2.22 bits per heavy atom. The molecule has 0 saturated carbocycles. The van der Waals surface area contributed by atoms with Crippen LogP contribution in [-0.2, 0) is 11.2 Å². The molecule has 1 heterocycles. The highest BCUT2D eigenvalue weighted by Gasteiger charge is 2.31. The molecule has 0 aromatic heterocycles. The van der Waals surface area contributed by atoms with Crippen molar-refractivity contribution in [1.29, 1.82) is 0 Å². The molecule has 2 unspecified atom stereocenters. The van der Waals surface area contributed by atoms with E-state index < -0.39 is 0 Å². The van der Waals surface area contributed by atoms with Crippen LogP contribution >= 0.6 is 0 Å². The van der Waals surface area contributed by atoms with Gasteiger partial charge in [0.1, 0.15) is 0 Å². The predicted molar refractivity (Wildman–Crippen MR) is 71.4 cm³/mol. The number of aliphatic hydroxyl groups is 1. The number of anilines is 1. The Bertz CT molecular complexity index is 434. The Balaban J connectivity index is 2.14. The maximum atomic E-state index is 12.3. The maximum absolute atomic E-state index is 12.3. The second-order valence-corrected chi connectivity index (χ2v) is 4.88. The highest BCUT2D eigenvalue weighted by molar-refractivity contribution is 5.81. The number of fused-ring (bicyclic) bond motifs is 1. The molecular formula is C14H20N2O2. The summed E-state index contributed by atoms with van der Waals surface area (Å²) in [5.41, 5.74) is 2.31. The number of aliphatic hydroxyl groups excluding tert-OH is 1. The van der Waals surface area contributed by atoms with Gasteiger partial charge in [0.15, 0.2) is 0 Å². The fourth-order valence-corrected chi connectivity index (χ4v) is 2.44. The van der Waals surface area contributed by atoms with E-state index in [1.165, 1.54) is 5.56 Å². The van der Waals surface area contributed by atoms with Crippen LogP contribution in [0.5, 0.6) is 0 Å². The van der Waals surface area contributed by atoms with Crippen molar-refractivity contribution in [3.63, 3.8) is 0 Å². The number of hydrogen-bond donors (Lipinski definition) is 2. The molecule has 4 nitrogen and oxygen atoms in total. The minimum atomic E-state index is -0.0588. The first-order valence-electron chi connectivity index (χ1n) is 6.33. The van der Waals surface area contributed by atoms with Crippen molar-refractivity contribution in [2.45, 2.75) is 19.4 Å². The standard InChI is InChI=1S/C14H20N2O2/c1-10-12(14(18)16(2)7-8-17)9-11-5-3-4-6-13(11)15-10/h3-6,10,12,15,17H,7-9H2,1-2H3. The molecule has 0 bridgehead atoms. The van der Waals surface area contributed by atoms with Gasteiger partial charge < -0.3 is 15.3 Å². The summed E-state index contributed by atoms with van der Waals surface area (Å²) in [6, 6.07) is 8.21. The largest absolute Gasteiger partial charge is 0.395 e. The van der Waals surface area contributed by atoms with Crippen LogP contribution in [-0.4, -0.2) is 42.2 Å². The average molecular weight is 248 g/mol. The van der Waals surface area contributed by atoms with Crippen LogP contribution in [0.15, 0.2) is 24.3 Å². The lowest BCUT2D eigenvalue weighted by molar-refractivity contribution is -0.135. The van der Waals surface area contributed by atoms with Gasteiger partial charge in [-0.25, -0.2) is 0 Å². The molecule has 0 aliphatic carbocycles. The van der Waals surface area contributed by atoms with Crippen LogP contribution in [0.3, 0.4) is 0 Å². The molecule has 1 aromatic carbocycles. The monoisotopic (exact) mass is 248 g/mol. The van der Waals surface area contributed by atoms with Crippen molar-refractivity contribution in [3.8, 4) is 0 Å². The van der Waals surface area contributed by atoms with Crippen molar-refractivity contribution in [3.05, 3.63) is 29.8 Å². The molecule has 1 amide bonds. The molecule has 2 atom stereocenters. The SMILES string of the molecule is CC1Nc2ccccc2CC1C(=O)N(C)CCO. The van der Waals surface area contributed by atoms with Gasteiger partial charge in [0.25, 0.3) is 0 Å². The Morgan fingerprint density at radius 1 is 1.50 bits per heavy atom. The summed E-state index contributed by atoms with van der Waals surface area (Å²) in [5, 5.41) is 12.3. The van der Waals surface area contributed by atoms with Gasteiger partial charge in [0.2, 0.25) is 5.91 Å². The van der Waals surface area contributed by atoms with Gasteiger partial charge in [0, 0.05) is 25.3 Å². The van der Waals surface area contributed by atoms with E-state index >= 15 is 0 Å². The van der Waals surface area contributed by atoms with Gasteiger partial charge in [-0.05, 0) is 25.0 Å². The number of para-hydroxylation sites is 1. The molecular weight excluding hydrogens is 228 g/mol. The van der Waals surface area contributed by atoms with Crippen LogP contribution in [0.2, 0.25) is 0 Å². The number of rotatable bonds is 3. The summed E-state index contributed by atoms with van der Waals surface area (Å²) >= 11 is 0. The summed E-state index contributed by atoms with van der Waals surface area (Å²) in [4.78, 5) is 13.9. The zero-order valence-electron chi connectivity index (χ0n) is 10.9. The normalized spacial score (nSPS) is 21.9. The number of nitrogens with zero attached hydrogens (tertiary/aromatic N) is 1. The van der Waals surface area contributed by atoms with E-state index in [-0.39, 0.29) is 24.5 Å². The lowest BCUT2D eigenvalue weighted by atomic mass is 9.87. The van der Waals surface area contributed by atoms with Crippen LogP contribution in [0.1, 0.15) is 12.5 Å². The predicted octanol–water partition coefficient (Wildman–Crippen LogP) is 1.11. The first-order chi connectivity index (χ1) is 8.63. The highest BCUT2D eigenvalue weighted by atomic mass is 16.3. The maximum Gasteiger partial charge on any atom is 0.227 e. The lowest BCUT2D eigenvalue weighted by Gasteiger charge is -2.33. The third-order valence-corrected chi connectivity index (χ3v) is 3.57. The van der Waals surface area contributed by atoms with Gasteiger partial charge in [-0.2, -0.15) is 0 Å². The van der Waals surface area contributed by atoms with E-state index in [0.717, 1.165) is 12.1 Å². The number of carbonyl (C=O) groups is 1. The fourth-order valence-electron chi connectivity index (χ4n) is 2.44. The molecule has 1 aromatic rings. The highest BCUT2D eigenvalue weighted by Crippen LogP contribution is 2.28. The molecule has 0 saturated heterocycles. The van der Waals surface area contributed by atoms with Crippen LogP contribution < -0.4 is 5.32 Å². The number of hydrogen-bond acceptors (Lipinski definition) is 3. The summed E-state index contributed by atoms with van der Waals surface area (Å²) in [7, 11) is 1.74. The number of benzene rings is 1. The summed E-state index contributed by atoms with van der Waals surface area (Å²) < 4.78 is 0. The van der Waals surface area contributed by atoms with Crippen LogP contribution in [0.4, 0.5) is 5.69 Å². The Hall–Kier alpha value is -1.55. The number of nitrogens with one attached hydrogen (secondary N) is 1. The third kappa shape index (κ3) is 2.48. The van der Waals surface area contributed by atoms with E-state index in [9.17, 15) is 4.79 Å². The fraction of sp³-hybridized carbons (Fsp3) is 0.500. The molecule has 98 valence electrons. The summed E-state index contributed by atoms with van der Waals surface area (Å²) in [5.74, 6) is 0.0370. The minimum absolute atomic E-state index is 0.00730. The van der Waals surface area contributed by atoms with Gasteiger partial charge in [-0.1, -0.05) is 18.2 Å². The van der Waals surface area contributed by atoms with E-state index in [0.29, 0.717) is 6.54 Å².